The number of aromatic nitrogens is 4. The van der Waals surface area contributed by atoms with Gasteiger partial charge in [0.05, 0.1) is 24.6 Å². The SMILES string of the molecule is Clc1ncc(CNc2ccc(-n3nccn3)cc2)s1. The monoisotopic (exact) mass is 291 g/mol. The van der Waals surface area contributed by atoms with E-state index in [1.807, 2.05) is 24.3 Å². The summed E-state index contributed by atoms with van der Waals surface area (Å²) in [7, 11) is 0. The van der Waals surface area contributed by atoms with Gasteiger partial charge in [-0.05, 0) is 24.3 Å². The van der Waals surface area contributed by atoms with E-state index >= 15 is 0 Å². The minimum absolute atomic E-state index is 0.567. The van der Waals surface area contributed by atoms with Crippen LogP contribution in [0.25, 0.3) is 5.69 Å². The van der Waals surface area contributed by atoms with Gasteiger partial charge in [-0.2, -0.15) is 15.0 Å². The van der Waals surface area contributed by atoms with Crippen molar-refractivity contribution in [3.05, 3.63) is 52.2 Å². The van der Waals surface area contributed by atoms with Gasteiger partial charge in [0.25, 0.3) is 0 Å². The maximum Gasteiger partial charge on any atom is 0.183 e. The van der Waals surface area contributed by atoms with E-state index in [1.165, 1.54) is 11.3 Å². The highest BCUT2D eigenvalue weighted by Crippen LogP contribution is 2.19. The molecule has 3 aromatic rings. The van der Waals surface area contributed by atoms with Gasteiger partial charge in [0, 0.05) is 16.8 Å². The first-order valence-corrected chi connectivity index (χ1v) is 6.81. The summed E-state index contributed by atoms with van der Waals surface area (Å²) >= 11 is 7.26. The van der Waals surface area contributed by atoms with E-state index in [0.29, 0.717) is 11.0 Å². The molecule has 0 atom stereocenters. The highest BCUT2D eigenvalue weighted by Gasteiger charge is 2.01. The van der Waals surface area contributed by atoms with Crippen molar-refractivity contribution in [2.75, 3.05) is 5.32 Å². The van der Waals surface area contributed by atoms with Crippen LogP contribution < -0.4 is 5.32 Å². The highest BCUT2D eigenvalue weighted by molar-refractivity contribution is 7.15. The molecule has 3 rings (SSSR count). The highest BCUT2D eigenvalue weighted by atomic mass is 35.5. The molecule has 1 aromatic carbocycles. The Hall–Kier alpha value is -1.92. The molecular weight excluding hydrogens is 282 g/mol. The number of nitrogens with one attached hydrogen (secondary N) is 1. The van der Waals surface area contributed by atoms with E-state index in [0.717, 1.165) is 16.3 Å². The number of benzene rings is 1. The standard InChI is InChI=1S/C12H10ClN5S/c13-12-15-8-11(19-12)7-14-9-1-3-10(4-2-9)18-16-5-6-17-18/h1-6,8,14H,7H2. The van der Waals surface area contributed by atoms with Crippen LogP contribution in [0.2, 0.25) is 4.47 Å². The van der Waals surface area contributed by atoms with Crippen LogP contribution >= 0.6 is 22.9 Å². The summed E-state index contributed by atoms with van der Waals surface area (Å²) in [6.45, 7) is 0.712. The van der Waals surface area contributed by atoms with Crippen LogP contribution in [0.5, 0.6) is 0 Å². The number of halogens is 1. The molecule has 0 unspecified atom stereocenters. The maximum atomic E-state index is 5.78. The topological polar surface area (TPSA) is 55.6 Å². The lowest BCUT2D eigenvalue weighted by atomic mass is 10.3. The van der Waals surface area contributed by atoms with Crippen LogP contribution in [0.4, 0.5) is 5.69 Å². The summed E-state index contributed by atoms with van der Waals surface area (Å²) in [4.78, 5) is 6.68. The van der Waals surface area contributed by atoms with Gasteiger partial charge in [-0.3, -0.25) is 0 Å². The molecule has 7 heteroatoms. The van der Waals surface area contributed by atoms with Gasteiger partial charge in [-0.1, -0.05) is 11.6 Å². The summed E-state index contributed by atoms with van der Waals surface area (Å²) in [5, 5.41) is 11.5. The fourth-order valence-electron chi connectivity index (χ4n) is 1.62. The van der Waals surface area contributed by atoms with Crippen molar-refractivity contribution < 1.29 is 0 Å². The summed E-state index contributed by atoms with van der Waals surface area (Å²) in [6.07, 6.45) is 5.08. The molecule has 1 N–H and O–H groups in total. The van der Waals surface area contributed by atoms with Gasteiger partial charge >= 0.3 is 0 Å². The summed E-state index contributed by atoms with van der Waals surface area (Å²) in [5.41, 5.74) is 1.96. The van der Waals surface area contributed by atoms with Crippen molar-refractivity contribution in [1.29, 1.82) is 0 Å². The average Bonchev–Trinajstić information content (AvgIpc) is 3.08. The molecule has 0 bridgehead atoms. The Morgan fingerprint density at radius 2 is 1.89 bits per heavy atom. The summed E-state index contributed by atoms with van der Waals surface area (Å²) in [5.74, 6) is 0. The summed E-state index contributed by atoms with van der Waals surface area (Å²) in [6, 6.07) is 7.90. The van der Waals surface area contributed by atoms with E-state index in [9.17, 15) is 0 Å². The van der Waals surface area contributed by atoms with Crippen LogP contribution in [0.3, 0.4) is 0 Å². The molecule has 5 nitrogen and oxygen atoms in total. The van der Waals surface area contributed by atoms with Gasteiger partial charge in [-0.15, -0.1) is 11.3 Å². The second kappa shape index (κ2) is 5.38. The maximum absolute atomic E-state index is 5.78. The molecule has 0 radical (unpaired) electrons. The van der Waals surface area contributed by atoms with Crippen LogP contribution in [-0.2, 0) is 6.54 Å². The van der Waals surface area contributed by atoms with E-state index in [4.69, 9.17) is 11.6 Å². The lowest BCUT2D eigenvalue weighted by Gasteiger charge is -2.05. The largest absolute Gasteiger partial charge is 0.380 e. The number of anilines is 1. The average molecular weight is 292 g/mol. The zero-order chi connectivity index (χ0) is 13.1. The molecule has 0 aliphatic carbocycles. The predicted molar refractivity (Wildman–Crippen MR) is 75.8 cm³/mol. The van der Waals surface area contributed by atoms with Gasteiger partial charge in [-0.25, -0.2) is 4.98 Å². The number of hydrogen-bond acceptors (Lipinski definition) is 5. The molecule has 2 aromatic heterocycles. The van der Waals surface area contributed by atoms with Gasteiger partial charge in [0.1, 0.15) is 0 Å². The van der Waals surface area contributed by atoms with Crippen molar-refractivity contribution in [2.45, 2.75) is 6.54 Å². The normalized spacial score (nSPS) is 10.6. The Morgan fingerprint density at radius 1 is 1.16 bits per heavy atom. The number of thiazole rings is 1. The Labute approximate surface area is 118 Å². The fraction of sp³-hybridized carbons (Fsp3) is 0.0833. The molecule has 0 amide bonds. The zero-order valence-corrected chi connectivity index (χ0v) is 11.4. The second-order valence-corrected chi connectivity index (χ2v) is 5.50. The molecule has 2 heterocycles. The van der Waals surface area contributed by atoms with Crippen molar-refractivity contribution in [3.8, 4) is 5.69 Å². The molecule has 19 heavy (non-hydrogen) atoms. The molecule has 0 saturated carbocycles. The van der Waals surface area contributed by atoms with E-state index in [2.05, 4.69) is 20.5 Å². The van der Waals surface area contributed by atoms with Crippen LogP contribution in [0, 0.1) is 0 Å². The minimum Gasteiger partial charge on any atom is -0.380 e. The van der Waals surface area contributed by atoms with Crippen LogP contribution in [0.1, 0.15) is 4.88 Å². The summed E-state index contributed by atoms with van der Waals surface area (Å²) < 4.78 is 0.567. The van der Waals surface area contributed by atoms with Crippen LogP contribution in [0.15, 0.2) is 42.9 Å². The predicted octanol–water partition coefficient (Wildman–Crippen LogP) is 2.99. The van der Waals surface area contributed by atoms with E-state index in [-0.39, 0.29) is 0 Å². The Bertz CT molecular complexity index is 647. The Morgan fingerprint density at radius 3 is 2.53 bits per heavy atom. The third-order valence-electron chi connectivity index (χ3n) is 2.51. The zero-order valence-electron chi connectivity index (χ0n) is 9.82. The number of nitrogens with zero attached hydrogens (tertiary/aromatic N) is 4. The second-order valence-electron chi connectivity index (χ2n) is 3.80. The molecule has 96 valence electrons. The quantitative estimate of drug-likeness (QED) is 0.803. The first kappa shape index (κ1) is 12.1. The van der Waals surface area contributed by atoms with E-state index in [1.54, 1.807) is 23.4 Å². The smallest absolute Gasteiger partial charge is 0.183 e. The minimum atomic E-state index is 0.567. The van der Waals surface area contributed by atoms with Gasteiger partial charge in [0.15, 0.2) is 4.47 Å². The van der Waals surface area contributed by atoms with Gasteiger partial charge < -0.3 is 5.32 Å². The number of hydrogen-bond donors (Lipinski definition) is 1. The molecule has 0 saturated heterocycles. The third-order valence-corrected chi connectivity index (χ3v) is 3.62. The van der Waals surface area contributed by atoms with Crippen molar-refractivity contribution in [1.82, 2.24) is 20.0 Å². The molecule has 0 fully saturated rings. The van der Waals surface area contributed by atoms with Gasteiger partial charge in [0.2, 0.25) is 0 Å². The number of rotatable bonds is 4. The van der Waals surface area contributed by atoms with E-state index < -0.39 is 0 Å². The molecule has 0 spiro atoms. The third kappa shape index (κ3) is 2.91. The molecular formula is C12H10ClN5S. The van der Waals surface area contributed by atoms with Crippen molar-refractivity contribution >= 4 is 28.6 Å². The first-order valence-electron chi connectivity index (χ1n) is 5.62. The fourth-order valence-corrected chi connectivity index (χ4v) is 2.53. The Balaban J connectivity index is 1.66. The Kier molecular flexibility index (Phi) is 3.43. The lowest BCUT2D eigenvalue weighted by Crippen LogP contribution is -2.00. The molecule has 0 aliphatic heterocycles. The lowest BCUT2D eigenvalue weighted by molar-refractivity contribution is 0.752. The molecule has 0 aliphatic rings. The van der Waals surface area contributed by atoms with Crippen molar-refractivity contribution in [3.63, 3.8) is 0 Å². The first-order chi connectivity index (χ1) is 9.31. The van der Waals surface area contributed by atoms with Crippen LogP contribution in [-0.4, -0.2) is 20.0 Å². The van der Waals surface area contributed by atoms with Crippen molar-refractivity contribution in [2.24, 2.45) is 0 Å².